The zero-order chi connectivity index (χ0) is 9.84. The van der Waals surface area contributed by atoms with E-state index < -0.39 is 0 Å². The Morgan fingerprint density at radius 3 is 2.69 bits per heavy atom. The fourth-order valence-electron chi connectivity index (χ4n) is 1.40. The Morgan fingerprint density at radius 1 is 1.46 bits per heavy atom. The lowest BCUT2D eigenvalue weighted by Crippen LogP contribution is -2.11. The molecule has 0 aliphatic heterocycles. The molecule has 0 spiro atoms. The van der Waals surface area contributed by atoms with Gasteiger partial charge in [-0.25, -0.2) is 4.39 Å². The van der Waals surface area contributed by atoms with Crippen LogP contribution in [0.2, 0.25) is 0 Å². The van der Waals surface area contributed by atoms with Gasteiger partial charge in [0.1, 0.15) is 5.82 Å². The molecule has 72 valence electrons. The normalized spacial score (nSPS) is 12.9. The molecule has 0 fully saturated rings. The SMILES string of the molecule is CCCC(N)c1ccc(C)cc1F. The van der Waals surface area contributed by atoms with Crippen molar-refractivity contribution in [2.75, 3.05) is 0 Å². The van der Waals surface area contributed by atoms with Gasteiger partial charge in [-0.2, -0.15) is 0 Å². The number of hydrogen-bond donors (Lipinski definition) is 1. The molecular formula is C11H16FN. The van der Waals surface area contributed by atoms with Crippen molar-refractivity contribution < 1.29 is 4.39 Å². The molecule has 0 aromatic heterocycles. The Hall–Kier alpha value is -0.890. The van der Waals surface area contributed by atoms with Crippen LogP contribution in [0.4, 0.5) is 4.39 Å². The standard InChI is InChI=1S/C11H16FN/c1-3-4-11(13)9-6-5-8(2)7-10(9)12/h5-7,11H,3-4,13H2,1-2H3. The van der Waals surface area contributed by atoms with Crippen molar-refractivity contribution in [3.63, 3.8) is 0 Å². The number of nitrogens with two attached hydrogens (primary N) is 1. The van der Waals surface area contributed by atoms with Crippen LogP contribution in [-0.2, 0) is 0 Å². The molecule has 0 aliphatic carbocycles. The molecule has 13 heavy (non-hydrogen) atoms. The van der Waals surface area contributed by atoms with E-state index in [4.69, 9.17) is 5.73 Å². The van der Waals surface area contributed by atoms with Crippen LogP contribution < -0.4 is 5.73 Å². The first-order valence-corrected chi connectivity index (χ1v) is 4.66. The summed E-state index contributed by atoms with van der Waals surface area (Å²) < 4.78 is 13.3. The number of hydrogen-bond acceptors (Lipinski definition) is 1. The average Bonchev–Trinajstić information content (AvgIpc) is 2.04. The third-order valence-electron chi connectivity index (χ3n) is 2.16. The van der Waals surface area contributed by atoms with Gasteiger partial charge < -0.3 is 5.73 Å². The van der Waals surface area contributed by atoms with Gasteiger partial charge in [-0.15, -0.1) is 0 Å². The van der Waals surface area contributed by atoms with E-state index in [-0.39, 0.29) is 11.9 Å². The molecular weight excluding hydrogens is 165 g/mol. The van der Waals surface area contributed by atoms with Gasteiger partial charge in [0.05, 0.1) is 0 Å². The minimum Gasteiger partial charge on any atom is -0.324 e. The summed E-state index contributed by atoms with van der Waals surface area (Å²) in [7, 11) is 0. The molecule has 0 amide bonds. The van der Waals surface area contributed by atoms with Gasteiger partial charge in [-0.05, 0) is 25.0 Å². The van der Waals surface area contributed by atoms with Crippen molar-refractivity contribution in [3.8, 4) is 0 Å². The monoisotopic (exact) mass is 181 g/mol. The molecule has 1 atom stereocenters. The van der Waals surface area contributed by atoms with E-state index in [1.165, 1.54) is 6.07 Å². The van der Waals surface area contributed by atoms with Crippen LogP contribution >= 0.6 is 0 Å². The first-order chi connectivity index (χ1) is 6.15. The Balaban J connectivity index is 2.88. The highest BCUT2D eigenvalue weighted by Crippen LogP contribution is 2.19. The fraction of sp³-hybridized carbons (Fsp3) is 0.455. The van der Waals surface area contributed by atoms with Crippen LogP contribution in [0.1, 0.15) is 36.9 Å². The van der Waals surface area contributed by atoms with Crippen LogP contribution in [-0.4, -0.2) is 0 Å². The lowest BCUT2D eigenvalue weighted by molar-refractivity contribution is 0.559. The van der Waals surface area contributed by atoms with Crippen LogP contribution in [0.3, 0.4) is 0 Å². The number of halogens is 1. The molecule has 1 aromatic carbocycles. The summed E-state index contributed by atoms with van der Waals surface area (Å²) in [6.45, 7) is 3.92. The third kappa shape index (κ3) is 2.52. The molecule has 0 aliphatic rings. The molecule has 2 heteroatoms. The zero-order valence-corrected chi connectivity index (χ0v) is 8.18. The van der Waals surface area contributed by atoms with Gasteiger partial charge in [0.15, 0.2) is 0 Å². The minimum absolute atomic E-state index is 0.161. The molecule has 0 radical (unpaired) electrons. The van der Waals surface area contributed by atoms with Crippen LogP contribution in [0.5, 0.6) is 0 Å². The highest BCUT2D eigenvalue weighted by Gasteiger charge is 2.09. The van der Waals surface area contributed by atoms with Gasteiger partial charge in [0.2, 0.25) is 0 Å². The Labute approximate surface area is 78.8 Å². The maximum atomic E-state index is 13.3. The maximum Gasteiger partial charge on any atom is 0.128 e. The third-order valence-corrected chi connectivity index (χ3v) is 2.16. The van der Waals surface area contributed by atoms with Crippen LogP contribution in [0, 0.1) is 12.7 Å². The van der Waals surface area contributed by atoms with Crippen molar-refractivity contribution in [1.29, 1.82) is 0 Å². The second-order valence-electron chi connectivity index (χ2n) is 3.42. The van der Waals surface area contributed by atoms with E-state index in [1.807, 2.05) is 19.9 Å². The summed E-state index contributed by atoms with van der Waals surface area (Å²) in [6.07, 6.45) is 1.81. The molecule has 1 unspecified atom stereocenters. The first kappa shape index (κ1) is 10.2. The molecule has 0 heterocycles. The van der Waals surface area contributed by atoms with Gasteiger partial charge >= 0.3 is 0 Å². The second kappa shape index (κ2) is 4.38. The minimum atomic E-state index is -0.180. The molecule has 1 aromatic rings. The van der Waals surface area contributed by atoms with Crippen LogP contribution in [0.15, 0.2) is 18.2 Å². The Morgan fingerprint density at radius 2 is 2.15 bits per heavy atom. The van der Waals surface area contributed by atoms with Crippen molar-refractivity contribution in [2.45, 2.75) is 32.7 Å². The first-order valence-electron chi connectivity index (χ1n) is 4.66. The van der Waals surface area contributed by atoms with Crippen molar-refractivity contribution >= 4 is 0 Å². The van der Waals surface area contributed by atoms with Crippen LogP contribution in [0.25, 0.3) is 0 Å². The Bertz CT molecular complexity index is 283. The lowest BCUT2D eigenvalue weighted by atomic mass is 10.0. The summed E-state index contributed by atoms with van der Waals surface area (Å²) in [5.74, 6) is -0.180. The quantitative estimate of drug-likeness (QED) is 0.762. The topological polar surface area (TPSA) is 26.0 Å². The smallest absolute Gasteiger partial charge is 0.128 e. The number of benzene rings is 1. The molecule has 0 saturated carbocycles. The summed E-state index contributed by atoms with van der Waals surface area (Å²) in [5.41, 5.74) is 7.38. The van der Waals surface area contributed by atoms with E-state index in [0.29, 0.717) is 5.56 Å². The molecule has 0 saturated heterocycles. The Kier molecular flexibility index (Phi) is 3.43. The van der Waals surface area contributed by atoms with Crippen molar-refractivity contribution in [1.82, 2.24) is 0 Å². The predicted octanol–water partition coefficient (Wildman–Crippen LogP) is 2.93. The largest absolute Gasteiger partial charge is 0.324 e. The molecule has 2 N–H and O–H groups in total. The lowest BCUT2D eigenvalue weighted by Gasteiger charge is -2.11. The van der Waals surface area contributed by atoms with Gasteiger partial charge in [0.25, 0.3) is 0 Å². The molecule has 1 nitrogen and oxygen atoms in total. The van der Waals surface area contributed by atoms with E-state index >= 15 is 0 Å². The average molecular weight is 181 g/mol. The maximum absolute atomic E-state index is 13.3. The van der Waals surface area contributed by atoms with E-state index in [9.17, 15) is 4.39 Å². The fourth-order valence-corrected chi connectivity index (χ4v) is 1.40. The van der Waals surface area contributed by atoms with Gasteiger partial charge in [-0.3, -0.25) is 0 Å². The highest BCUT2D eigenvalue weighted by atomic mass is 19.1. The summed E-state index contributed by atoms with van der Waals surface area (Å²) in [5, 5.41) is 0. The zero-order valence-electron chi connectivity index (χ0n) is 8.18. The van der Waals surface area contributed by atoms with Crippen molar-refractivity contribution in [3.05, 3.63) is 35.1 Å². The van der Waals surface area contributed by atoms with Gasteiger partial charge in [-0.1, -0.05) is 25.5 Å². The van der Waals surface area contributed by atoms with E-state index in [0.717, 1.165) is 18.4 Å². The predicted molar refractivity (Wildman–Crippen MR) is 53.0 cm³/mol. The van der Waals surface area contributed by atoms with Gasteiger partial charge in [0, 0.05) is 11.6 Å². The summed E-state index contributed by atoms with van der Waals surface area (Å²) in [4.78, 5) is 0. The molecule has 0 bridgehead atoms. The van der Waals surface area contributed by atoms with E-state index in [1.54, 1.807) is 6.07 Å². The molecule has 1 rings (SSSR count). The number of aryl methyl sites for hydroxylation is 1. The highest BCUT2D eigenvalue weighted by molar-refractivity contribution is 5.25. The number of rotatable bonds is 3. The van der Waals surface area contributed by atoms with Crippen molar-refractivity contribution in [2.24, 2.45) is 5.73 Å². The second-order valence-corrected chi connectivity index (χ2v) is 3.42. The summed E-state index contributed by atoms with van der Waals surface area (Å²) in [6, 6.07) is 5.05. The van der Waals surface area contributed by atoms with E-state index in [2.05, 4.69) is 0 Å². The summed E-state index contributed by atoms with van der Waals surface area (Å²) >= 11 is 0.